The number of para-hydroxylation sites is 1. The number of amides is 2. The number of carbonyl (C=O) groups is 2. The molecule has 1 N–H and O–H groups in total. The summed E-state index contributed by atoms with van der Waals surface area (Å²) < 4.78 is 0. The minimum atomic E-state index is 0.00745. The van der Waals surface area contributed by atoms with Crippen molar-refractivity contribution in [3.63, 3.8) is 0 Å². The van der Waals surface area contributed by atoms with Gasteiger partial charge in [-0.1, -0.05) is 18.2 Å². The van der Waals surface area contributed by atoms with Gasteiger partial charge in [0.25, 0.3) is 0 Å². The number of hydrogen-bond donors (Lipinski definition) is 1. The van der Waals surface area contributed by atoms with Gasteiger partial charge in [0.05, 0.1) is 0 Å². The van der Waals surface area contributed by atoms with Crippen molar-refractivity contribution in [3.05, 3.63) is 52.2 Å². The SMILES string of the molecule is O=C(CCc1ccsc1)NCCC(=O)N1CCCc2ccccc21. The molecule has 3 rings (SSSR count). The third kappa shape index (κ3) is 4.23. The number of nitrogens with one attached hydrogen (secondary N) is 1. The fraction of sp³-hybridized carbons (Fsp3) is 0.368. The maximum atomic E-state index is 12.5. The second-order valence-corrected chi connectivity index (χ2v) is 6.79. The van der Waals surface area contributed by atoms with Crippen LogP contribution < -0.4 is 10.2 Å². The lowest BCUT2D eigenvalue weighted by Crippen LogP contribution is -2.37. The summed E-state index contributed by atoms with van der Waals surface area (Å²) in [5.41, 5.74) is 3.45. The van der Waals surface area contributed by atoms with Gasteiger partial charge in [-0.3, -0.25) is 9.59 Å². The summed E-state index contributed by atoms with van der Waals surface area (Å²) >= 11 is 1.64. The van der Waals surface area contributed by atoms with Crippen molar-refractivity contribution in [2.75, 3.05) is 18.0 Å². The number of thiophene rings is 1. The van der Waals surface area contributed by atoms with Gasteiger partial charge in [0, 0.05) is 31.6 Å². The highest BCUT2D eigenvalue weighted by atomic mass is 32.1. The average Bonchev–Trinajstić information content (AvgIpc) is 3.13. The zero-order valence-electron chi connectivity index (χ0n) is 13.7. The molecule has 5 heteroatoms. The third-order valence-corrected chi connectivity index (χ3v) is 5.03. The van der Waals surface area contributed by atoms with Crippen molar-refractivity contribution in [1.29, 1.82) is 0 Å². The van der Waals surface area contributed by atoms with E-state index in [0.29, 0.717) is 19.4 Å². The van der Waals surface area contributed by atoms with Gasteiger partial charge in [-0.05, 0) is 53.3 Å². The van der Waals surface area contributed by atoms with E-state index in [1.54, 1.807) is 11.3 Å². The number of rotatable bonds is 6. The highest BCUT2D eigenvalue weighted by Crippen LogP contribution is 2.26. The van der Waals surface area contributed by atoms with Crippen LogP contribution in [-0.2, 0) is 22.4 Å². The molecule has 2 heterocycles. The standard InChI is InChI=1S/C19H22N2O2S/c22-18(8-7-15-10-13-24-14-15)20-11-9-19(23)21-12-3-5-16-4-1-2-6-17(16)21/h1-2,4,6,10,13-14H,3,5,7-9,11-12H2,(H,20,22). The molecule has 2 aromatic rings. The van der Waals surface area contributed by atoms with Crippen LogP contribution in [0.1, 0.15) is 30.4 Å². The molecule has 4 nitrogen and oxygen atoms in total. The van der Waals surface area contributed by atoms with Crippen LogP contribution in [0.5, 0.6) is 0 Å². The molecule has 1 aliphatic rings. The molecule has 0 saturated carbocycles. The Labute approximate surface area is 146 Å². The Kier molecular flexibility index (Phi) is 5.64. The first kappa shape index (κ1) is 16.7. The fourth-order valence-corrected chi connectivity index (χ4v) is 3.72. The van der Waals surface area contributed by atoms with E-state index in [4.69, 9.17) is 0 Å². The number of aryl methyl sites for hydroxylation is 2. The van der Waals surface area contributed by atoms with E-state index in [2.05, 4.69) is 16.8 Å². The molecular formula is C19H22N2O2S. The van der Waals surface area contributed by atoms with Gasteiger partial charge in [-0.2, -0.15) is 11.3 Å². The Morgan fingerprint density at radius 1 is 1.17 bits per heavy atom. The molecule has 0 spiro atoms. The number of fused-ring (bicyclic) bond motifs is 1. The van der Waals surface area contributed by atoms with Gasteiger partial charge in [-0.25, -0.2) is 0 Å². The van der Waals surface area contributed by atoms with Gasteiger partial charge in [-0.15, -0.1) is 0 Å². The highest BCUT2D eigenvalue weighted by Gasteiger charge is 2.21. The predicted octanol–water partition coefficient (Wildman–Crippen LogP) is 3.17. The number of anilines is 1. The number of benzene rings is 1. The quantitative estimate of drug-likeness (QED) is 0.877. The van der Waals surface area contributed by atoms with E-state index in [0.717, 1.165) is 31.5 Å². The summed E-state index contributed by atoms with van der Waals surface area (Å²) in [6.45, 7) is 1.17. The van der Waals surface area contributed by atoms with Crippen molar-refractivity contribution in [1.82, 2.24) is 5.32 Å². The van der Waals surface area contributed by atoms with Crippen LogP contribution in [0, 0.1) is 0 Å². The van der Waals surface area contributed by atoms with Crippen molar-refractivity contribution in [3.8, 4) is 0 Å². The molecule has 24 heavy (non-hydrogen) atoms. The van der Waals surface area contributed by atoms with Gasteiger partial charge in [0.1, 0.15) is 0 Å². The van der Waals surface area contributed by atoms with Gasteiger partial charge < -0.3 is 10.2 Å². The lowest BCUT2D eigenvalue weighted by molar-refractivity contribution is -0.121. The zero-order valence-corrected chi connectivity index (χ0v) is 14.5. The molecule has 0 aliphatic carbocycles. The second-order valence-electron chi connectivity index (χ2n) is 6.01. The Balaban J connectivity index is 1.44. The Bertz CT molecular complexity index is 697. The summed E-state index contributed by atoms with van der Waals surface area (Å²) in [6, 6.07) is 10.1. The summed E-state index contributed by atoms with van der Waals surface area (Å²) in [5.74, 6) is 0.0910. The van der Waals surface area contributed by atoms with Gasteiger partial charge in [0.2, 0.25) is 11.8 Å². The van der Waals surface area contributed by atoms with E-state index in [1.807, 2.05) is 34.5 Å². The van der Waals surface area contributed by atoms with E-state index in [9.17, 15) is 9.59 Å². The van der Waals surface area contributed by atoms with Gasteiger partial charge >= 0.3 is 0 Å². The van der Waals surface area contributed by atoms with E-state index in [-0.39, 0.29) is 11.8 Å². The molecule has 1 aromatic heterocycles. The topological polar surface area (TPSA) is 49.4 Å². The molecule has 1 aromatic carbocycles. The van der Waals surface area contributed by atoms with Crippen LogP contribution in [0.3, 0.4) is 0 Å². The Morgan fingerprint density at radius 2 is 2.04 bits per heavy atom. The minimum Gasteiger partial charge on any atom is -0.356 e. The lowest BCUT2D eigenvalue weighted by atomic mass is 10.0. The van der Waals surface area contributed by atoms with Crippen LogP contribution in [0.2, 0.25) is 0 Å². The van der Waals surface area contributed by atoms with Crippen molar-refractivity contribution in [2.45, 2.75) is 32.1 Å². The predicted molar refractivity (Wildman–Crippen MR) is 97.4 cm³/mol. The molecule has 0 saturated heterocycles. The number of carbonyl (C=O) groups excluding carboxylic acids is 2. The summed E-state index contributed by atoms with van der Waals surface area (Å²) in [7, 11) is 0. The molecule has 126 valence electrons. The summed E-state index contributed by atoms with van der Waals surface area (Å²) in [4.78, 5) is 26.2. The Morgan fingerprint density at radius 3 is 2.88 bits per heavy atom. The molecule has 0 radical (unpaired) electrons. The highest BCUT2D eigenvalue weighted by molar-refractivity contribution is 7.07. The monoisotopic (exact) mass is 342 g/mol. The first-order valence-electron chi connectivity index (χ1n) is 8.40. The maximum Gasteiger partial charge on any atom is 0.228 e. The largest absolute Gasteiger partial charge is 0.356 e. The fourth-order valence-electron chi connectivity index (χ4n) is 3.02. The smallest absolute Gasteiger partial charge is 0.228 e. The van der Waals surface area contributed by atoms with E-state index in [1.165, 1.54) is 11.1 Å². The van der Waals surface area contributed by atoms with Crippen LogP contribution in [0.15, 0.2) is 41.1 Å². The first-order chi connectivity index (χ1) is 11.7. The third-order valence-electron chi connectivity index (χ3n) is 4.29. The van der Waals surface area contributed by atoms with Gasteiger partial charge in [0.15, 0.2) is 0 Å². The van der Waals surface area contributed by atoms with Crippen molar-refractivity contribution >= 4 is 28.8 Å². The van der Waals surface area contributed by atoms with Crippen molar-refractivity contribution < 1.29 is 9.59 Å². The van der Waals surface area contributed by atoms with Crippen LogP contribution >= 0.6 is 11.3 Å². The first-order valence-corrected chi connectivity index (χ1v) is 9.34. The van der Waals surface area contributed by atoms with Crippen molar-refractivity contribution in [2.24, 2.45) is 0 Å². The molecule has 0 unspecified atom stereocenters. The van der Waals surface area contributed by atoms with Crippen LogP contribution in [0.25, 0.3) is 0 Å². The average molecular weight is 342 g/mol. The Hall–Kier alpha value is -2.14. The molecule has 0 bridgehead atoms. The molecule has 0 fully saturated rings. The maximum absolute atomic E-state index is 12.5. The summed E-state index contributed by atoms with van der Waals surface area (Å²) in [6.07, 6.45) is 3.59. The van der Waals surface area contributed by atoms with Crippen LogP contribution in [0.4, 0.5) is 5.69 Å². The molecular weight excluding hydrogens is 320 g/mol. The number of nitrogens with zero attached hydrogens (tertiary/aromatic N) is 1. The van der Waals surface area contributed by atoms with E-state index < -0.39 is 0 Å². The minimum absolute atomic E-state index is 0.00745. The zero-order chi connectivity index (χ0) is 16.8. The van der Waals surface area contributed by atoms with Crippen LogP contribution in [-0.4, -0.2) is 24.9 Å². The lowest BCUT2D eigenvalue weighted by Gasteiger charge is -2.29. The molecule has 2 amide bonds. The number of hydrogen-bond acceptors (Lipinski definition) is 3. The molecule has 0 atom stereocenters. The normalized spacial score (nSPS) is 13.4. The molecule has 1 aliphatic heterocycles. The summed E-state index contributed by atoms with van der Waals surface area (Å²) in [5, 5.41) is 6.93. The second kappa shape index (κ2) is 8.11. The van der Waals surface area contributed by atoms with E-state index >= 15 is 0 Å².